The Bertz CT molecular complexity index is 356. The molecule has 0 aliphatic carbocycles. The molecule has 1 saturated heterocycles. The highest BCUT2D eigenvalue weighted by molar-refractivity contribution is 5.43. The minimum Gasteiger partial charge on any atom is -0.493 e. The first-order valence-electron chi connectivity index (χ1n) is 5.88. The van der Waals surface area contributed by atoms with E-state index >= 15 is 0 Å². The lowest BCUT2D eigenvalue weighted by Crippen LogP contribution is -2.11. The van der Waals surface area contributed by atoms with Gasteiger partial charge in [0.15, 0.2) is 0 Å². The predicted octanol–water partition coefficient (Wildman–Crippen LogP) is 1.77. The minimum atomic E-state index is 0.831. The zero-order chi connectivity index (χ0) is 10.1. The van der Waals surface area contributed by atoms with Gasteiger partial charge in [0, 0.05) is 12.0 Å². The molecule has 1 aromatic rings. The van der Waals surface area contributed by atoms with Gasteiger partial charge in [-0.3, -0.25) is 0 Å². The zero-order valence-electron chi connectivity index (χ0n) is 8.96. The first kappa shape index (κ1) is 9.22. The second-order valence-corrected chi connectivity index (χ2v) is 4.56. The first-order chi connectivity index (χ1) is 7.43. The fourth-order valence-corrected chi connectivity index (χ4v) is 2.68. The van der Waals surface area contributed by atoms with Gasteiger partial charge in [-0.05, 0) is 43.5 Å². The van der Waals surface area contributed by atoms with Crippen molar-refractivity contribution in [3.8, 4) is 5.75 Å². The Kier molecular flexibility index (Phi) is 2.37. The van der Waals surface area contributed by atoms with Crippen LogP contribution in [-0.4, -0.2) is 19.7 Å². The van der Waals surface area contributed by atoms with Crippen LogP contribution in [0.5, 0.6) is 5.75 Å². The fraction of sp³-hybridized carbons (Fsp3) is 0.538. The van der Waals surface area contributed by atoms with Crippen molar-refractivity contribution >= 4 is 0 Å². The molecular formula is C13H17NO. The Morgan fingerprint density at radius 3 is 3.27 bits per heavy atom. The van der Waals surface area contributed by atoms with E-state index in [1.807, 2.05) is 0 Å². The molecule has 0 aromatic heterocycles. The van der Waals surface area contributed by atoms with Crippen LogP contribution in [0, 0.1) is 5.92 Å². The van der Waals surface area contributed by atoms with Crippen LogP contribution in [0.4, 0.5) is 0 Å². The summed E-state index contributed by atoms with van der Waals surface area (Å²) < 4.78 is 5.59. The quantitative estimate of drug-likeness (QED) is 0.791. The van der Waals surface area contributed by atoms with E-state index in [0.29, 0.717) is 0 Å². The minimum absolute atomic E-state index is 0.831. The maximum Gasteiger partial charge on any atom is 0.122 e. The van der Waals surface area contributed by atoms with Gasteiger partial charge in [-0.2, -0.15) is 0 Å². The predicted molar refractivity (Wildman–Crippen MR) is 60.3 cm³/mol. The maximum absolute atomic E-state index is 5.59. The molecule has 1 unspecified atom stereocenters. The third-order valence-electron chi connectivity index (χ3n) is 3.51. The van der Waals surface area contributed by atoms with Gasteiger partial charge in [-0.25, -0.2) is 0 Å². The van der Waals surface area contributed by atoms with Crippen LogP contribution in [-0.2, 0) is 12.8 Å². The summed E-state index contributed by atoms with van der Waals surface area (Å²) in [4.78, 5) is 0. The van der Waals surface area contributed by atoms with E-state index in [1.165, 1.54) is 37.1 Å². The Balaban J connectivity index is 1.82. The second kappa shape index (κ2) is 3.86. The molecule has 0 radical (unpaired) electrons. The van der Waals surface area contributed by atoms with E-state index in [2.05, 4.69) is 23.5 Å². The van der Waals surface area contributed by atoms with Gasteiger partial charge >= 0.3 is 0 Å². The Morgan fingerprint density at radius 1 is 1.40 bits per heavy atom. The Labute approximate surface area is 90.6 Å². The van der Waals surface area contributed by atoms with Crippen LogP contribution in [0.1, 0.15) is 17.5 Å². The van der Waals surface area contributed by atoms with E-state index in [1.54, 1.807) is 0 Å². The molecule has 0 bridgehead atoms. The second-order valence-electron chi connectivity index (χ2n) is 4.56. The van der Waals surface area contributed by atoms with Crippen molar-refractivity contribution in [3.05, 3.63) is 29.3 Å². The number of nitrogens with one attached hydrogen (secondary N) is 1. The number of rotatable bonds is 2. The summed E-state index contributed by atoms with van der Waals surface area (Å²) >= 11 is 0. The molecule has 2 aliphatic heterocycles. The lowest BCUT2D eigenvalue weighted by molar-refractivity contribution is 0.357. The van der Waals surface area contributed by atoms with Gasteiger partial charge in [0.2, 0.25) is 0 Å². The first-order valence-corrected chi connectivity index (χ1v) is 5.88. The van der Waals surface area contributed by atoms with Crippen LogP contribution in [0.25, 0.3) is 0 Å². The van der Waals surface area contributed by atoms with Crippen molar-refractivity contribution in [1.82, 2.24) is 5.32 Å². The van der Waals surface area contributed by atoms with Gasteiger partial charge in [0.25, 0.3) is 0 Å². The standard InChI is InChI=1S/C13H17NO/c1-2-11(8-10-4-6-14-9-10)12-5-7-15-13(12)3-1/h1-3,10,14H,4-9H2. The van der Waals surface area contributed by atoms with Crippen LogP contribution in [0.3, 0.4) is 0 Å². The van der Waals surface area contributed by atoms with E-state index < -0.39 is 0 Å². The Morgan fingerprint density at radius 2 is 2.40 bits per heavy atom. The average Bonchev–Trinajstić information content (AvgIpc) is 2.87. The molecule has 0 spiro atoms. The third-order valence-corrected chi connectivity index (χ3v) is 3.51. The van der Waals surface area contributed by atoms with Crippen molar-refractivity contribution in [2.75, 3.05) is 19.7 Å². The van der Waals surface area contributed by atoms with E-state index in [0.717, 1.165) is 24.7 Å². The summed E-state index contributed by atoms with van der Waals surface area (Å²) in [5.74, 6) is 1.95. The summed E-state index contributed by atoms with van der Waals surface area (Å²) in [6.45, 7) is 3.25. The van der Waals surface area contributed by atoms with Gasteiger partial charge in [-0.1, -0.05) is 12.1 Å². The van der Waals surface area contributed by atoms with Gasteiger partial charge in [-0.15, -0.1) is 0 Å². The number of hydrogen-bond acceptors (Lipinski definition) is 2. The highest BCUT2D eigenvalue weighted by Gasteiger charge is 2.20. The van der Waals surface area contributed by atoms with E-state index in [9.17, 15) is 0 Å². The molecule has 1 atom stereocenters. The average molecular weight is 203 g/mol. The van der Waals surface area contributed by atoms with E-state index in [-0.39, 0.29) is 0 Å². The molecule has 80 valence electrons. The zero-order valence-corrected chi connectivity index (χ0v) is 8.96. The summed E-state index contributed by atoms with van der Waals surface area (Å²) in [5.41, 5.74) is 2.98. The van der Waals surface area contributed by atoms with Crippen molar-refractivity contribution < 1.29 is 4.74 Å². The van der Waals surface area contributed by atoms with Gasteiger partial charge < -0.3 is 10.1 Å². The third kappa shape index (κ3) is 1.74. The molecule has 2 nitrogen and oxygen atoms in total. The van der Waals surface area contributed by atoms with Gasteiger partial charge in [0.1, 0.15) is 5.75 Å². The molecule has 1 fully saturated rings. The van der Waals surface area contributed by atoms with Gasteiger partial charge in [0.05, 0.1) is 6.61 Å². The fourth-order valence-electron chi connectivity index (χ4n) is 2.68. The normalized spacial score (nSPS) is 23.9. The van der Waals surface area contributed by atoms with Crippen molar-refractivity contribution in [1.29, 1.82) is 0 Å². The molecule has 2 heteroatoms. The molecule has 2 aliphatic rings. The SMILES string of the molecule is c1cc(CC2CCNC2)c2c(c1)OCC2. The monoisotopic (exact) mass is 203 g/mol. The highest BCUT2D eigenvalue weighted by Crippen LogP contribution is 2.30. The smallest absolute Gasteiger partial charge is 0.122 e. The number of ether oxygens (including phenoxy) is 1. The topological polar surface area (TPSA) is 21.3 Å². The van der Waals surface area contributed by atoms with Crippen LogP contribution in [0.15, 0.2) is 18.2 Å². The number of hydrogen-bond donors (Lipinski definition) is 1. The van der Waals surface area contributed by atoms with Crippen LogP contribution < -0.4 is 10.1 Å². The largest absolute Gasteiger partial charge is 0.493 e. The molecular weight excluding hydrogens is 186 g/mol. The maximum atomic E-state index is 5.59. The molecule has 15 heavy (non-hydrogen) atoms. The molecule has 1 aromatic carbocycles. The van der Waals surface area contributed by atoms with E-state index in [4.69, 9.17) is 4.74 Å². The van der Waals surface area contributed by atoms with Crippen molar-refractivity contribution in [2.24, 2.45) is 5.92 Å². The molecule has 0 saturated carbocycles. The molecule has 0 amide bonds. The highest BCUT2D eigenvalue weighted by atomic mass is 16.5. The number of fused-ring (bicyclic) bond motifs is 1. The molecule has 3 rings (SSSR count). The van der Waals surface area contributed by atoms with Crippen molar-refractivity contribution in [3.63, 3.8) is 0 Å². The summed E-state index contributed by atoms with van der Waals surface area (Å²) in [5, 5.41) is 3.43. The lowest BCUT2D eigenvalue weighted by atomic mass is 9.94. The summed E-state index contributed by atoms with van der Waals surface area (Å²) in [6.07, 6.45) is 3.65. The summed E-state index contributed by atoms with van der Waals surface area (Å²) in [6, 6.07) is 6.49. The van der Waals surface area contributed by atoms with Crippen LogP contribution >= 0.6 is 0 Å². The molecule has 1 N–H and O–H groups in total. The lowest BCUT2D eigenvalue weighted by Gasteiger charge is -2.11. The Hall–Kier alpha value is -1.02. The van der Waals surface area contributed by atoms with Crippen molar-refractivity contribution in [2.45, 2.75) is 19.3 Å². The molecule has 2 heterocycles. The summed E-state index contributed by atoms with van der Waals surface area (Å²) in [7, 11) is 0. The number of benzene rings is 1. The van der Waals surface area contributed by atoms with Crippen LogP contribution in [0.2, 0.25) is 0 Å².